The van der Waals surface area contributed by atoms with Gasteiger partial charge < -0.3 is 23.9 Å². The number of amides is 1. The van der Waals surface area contributed by atoms with Crippen LogP contribution >= 0.6 is 0 Å². The van der Waals surface area contributed by atoms with Crippen LogP contribution in [0.2, 0.25) is 0 Å². The molecule has 2 heterocycles. The van der Waals surface area contributed by atoms with E-state index in [9.17, 15) is 9.59 Å². The molecular weight excluding hydrogens is 302 g/mol. The number of nitrogens with zero attached hydrogens (tertiary/aromatic N) is 1. The lowest BCUT2D eigenvalue weighted by Crippen LogP contribution is -2.25. The second-order valence-electron chi connectivity index (χ2n) is 5.01. The van der Waals surface area contributed by atoms with E-state index in [4.69, 9.17) is 19.0 Å². The highest BCUT2D eigenvalue weighted by Gasteiger charge is 2.24. The van der Waals surface area contributed by atoms with Gasteiger partial charge in [0.25, 0.3) is 5.91 Å². The molecule has 0 radical (unpaired) electrons. The molecule has 7 nitrogen and oxygen atoms in total. The van der Waals surface area contributed by atoms with Gasteiger partial charge in [-0.05, 0) is 12.1 Å². The summed E-state index contributed by atoms with van der Waals surface area (Å²) in [6.07, 6.45) is 0.392. The van der Waals surface area contributed by atoms with E-state index in [1.165, 1.54) is 11.0 Å². The molecule has 3 rings (SSSR count). The molecule has 7 heteroatoms. The highest BCUT2D eigenvalue weighted by Crippen LogP contribution is 2.35. The number of fused-ring (bicyclic) bond motifs is 1. The second kappa shape index (κ2) is 5.68. The van der Waals surface area contributed by atoms with E-state index in [1.807, 2.05) is 0 Å². The SMILES string of the molecule is CCc1oc(C(=O)N(C)c2ccc3c(c2)OCO3)cc1C(=O)O. The molecule has 1 N–H and O–H groups in total. The molecule has 2 aromatic rings. The minimum atomic E-state index is -1.12. The van der Waals surface area contributed by atoms with E-state index in [-0.39, 0.29) is 23.9 Å². The zero-order valence-electron chi connectivity index (χ0n) is 12.7. The fourth-order valence-electron chi connectivity index (χ4n) is 2.35. The van der Waals surface area contributed by atoms with Gasteiger partial charge in [0.2, 0.25) is 6.79 Å². The van der Waals surface area contributed by atoms with Crippen molar-refractivity contribution in [2.24, 2.45) is 0 Å². The lowest BCUT2D eigenvalue weighted by molar-refractivity contribution is 0.0694. The third-order valence-corrected chi connectivity index (χ3v) is 3.62. The molecule has 1 aliphatic rings. The standard InChI is InChI=1S/C16H15NO6/c1-3-11-10(16(19)20)7-14(23-11)15(18)17(2)9-4-5-12-13(6-9)22-8-21-12/h4-7H,3,8H2,1-2H3,(H,19,20). The Morgan fingerprint density at radius 1 is 1.22 bits per heavy atom. The van der Waals surface area contributed by atoms with E-state index in [0.29, 0.717) is 23.6 Å². The number of ether oxygens (including phenoxy) is 2. The number of carboxylic acids is 1. The molecule has 120 valence electrons. The summed E-state index contributed by atoms with van der Waals surface area (Å²) in [6, 6.07) is 6.37. The molecular formula is C16H15NO6. The first-order chi connectivity index (χ1) is 11.0. The average molecular weight is 317 g/mol. The number of hydrogen-bond donors (Lipinski definition) is 1. The van der Waals surface area contributed by atoms with Gasteiger partial charge in [0.1, 0.15) is 11.3 Å². The monoisotopic (exact) mass is 317 g/mol. The molecule has 1 aliphatic heterocycles. The molecule has 0 fully saturated rings. The fourth-order valence-corrected chi connectivity index (χ4v) is 2.35. The number of aromatic carboxylic acids is 1. The molecule has 1 aromatic carbocycles. The number of rotatable bonds is 4. The van der Waals surface area contributed by atoms with Gasteiger partial charge in [-0.2, -0.15) is 0 Å². The van der Waals surface area contributed by atoms with Crippen LogP contribution in [-0.2, 0) is 6.42 Å². The third kappa shape index (κ3) is 2.61. The minimum Gasteiger partial charge on any atom is -0.478 e. The van der Waals surface area contributed by atoms with Crippen molar-refractivity contribution in [2.75, 3.05) is 18.7 Å². The molecule has 0 aliphatic carbocycles. The maximum atomic E-state index is 12.5. The van der Waals surface area contributed by atoms with Crippen LogP contribution in [0.5, 0.6) is 11.5 Å². The lowest BCUT2D eigenvalue weighted by Gasteiger charge is -2.16. The molecule has 0 saturated carbocycles. The van der Waals surface area contributed by atoms with E-state index in [1.54, 1.807) is 32.2 Å². The van der Waals surface area contributed by atoms with Crippen molar-refractivity contribution in [3.63, 3.8) is 0 Å². The molecule has 23 heavy (non-hydrogen) atoms. The van der Waals surface area contributed by atoms with Gasteiger partial charge in [-0.1, -0.05) is 6.92 Å². The van der Waals surface area contributed by atoms with Crippen LogP contribution in [0.15, 0.2) is 28.7 Å². The number of hydrogen-bond acceptors (Lipinski definition) is 5. The van der Waals surface area contributed by atoms with Crippen molar-refractivity contribution < 1.29 is 28.6 Å². The Labute approximate surface area is 132 Å². The predicted molar refractivity (Wildman–Crippen MR) is 80.3 cm³/mol. The Bertz CT molecular complexity index is 779. The van der Waals surface area contributed by atoms with Crippen LogP contribution < -0.4 is 14.4 Å². The molecule has 0 unspecified atom stereocenters. The Kier molecular flexibility index (Phi) is 3.69. The van der Waals surface area contributed by atoms with Gasteiger partial charge in [0.15, 0.2) is 17.3 Å². The van der Waals surface area contributed by atoms with Crippen LogP contribution in [0.1, 0.15) is 33.6 Å². The van der Waals surface area contributed by atoms with Gasteiger partial charge in [0, 0.05) is 31.3 Å². The van der Waals surface area contributed by atoms with Crippen molar-refractivity contribution in [3.8, 4) is 11.5 Å². The summed E-state index contributed by atoms with van der Waals surface area (Å²) in [5, 5.41) is 9.14. The highest BCUT2D eigenvalue weighted by molar-refractivity contribution is 6.05. The Hall–Kier alpha value is -2.96. The number of carboxylic acid groups (broad SMARTS) is 1. The highest BCUT2D eigenvalue weighted by atomic mass is 16.7. The maximum Gasteiger partial charge on any atom is 0.339 e. The number of aryl methyl sites for hydroxylation is 1. The summed E-state index contributed by atoms with van der Waals surface area (Å²) in [6.45, 7) is 1.91. The van der Waals surface area contributed by atoms with Crippen molar-refractivity contribution in [1.82, 2.24) is 0 Å². The number of anilines is 1. The maximum absolute atomic E-state index is 12.5. The summed E-state index contributed by atoms with van der Waals surface area (Å²) in [7, 11) is 1.58. The zero-order valence-corrected chi connectivity index (χ0v) is 12.7. The summed E-state index contributed by atoms with van der Waals surface area (Å²) in [5.41, 5.74) is 0.598. The number of benzene rings is 1. The van der Waals surface area contributed by atoms with Crippen molar-refractivity contribution in [3.05, 3.63) is 41.3 Å². The quantitative estimate of drug-likeness (QED) is 0.932. The van der Waals surface area contributed by atoms with Crippen LogP contribution in [0.3, 0.4) is 0 Å². The van der Waals surface area contributed by atoms with Crippen LogP contribution in [0.25, 0.3) is 0 Å². The molecule has 0 atom stereocenters. The fraction of sp³-hybridized carbons (Fsp3) is 0.250. The predicted octanol–water partition coefficient (Wildman–Crippen LogP) is 2.55. The normalized spacial score (nSPS) is 12.3. The van der Waals surface area contributed by atoms with E-state index in [2.05, 4.69) is 0 Å². The topological polar surface area (TPSA) is 89.2 Å². The average Bonchev–Trinajstić information content (AvgIpc) is 3.18. The number of furan rings is 1. The first kappa shape index (κ1) is 15.0. The van der Waals surface area contributed by atoms with E-state index in [0.717, 1.165) is 0 Å². The van der Waals surface area contributed by atoms with Crippen LogP contribution in [-0.4, -0.2) is 30.8 Å². The lowest BCUT2D eigenvalue weighted by atomic mass is 10.2. The first-order valence-corrected chi connectivity index (χ1v) is 7.05. The third-order valence-electron chi connectivity index (χ3n) is 3.62. The van der Waals surface area contributed by atoms with Crippen LogP contribution in [0, 0.1) is 0 Å². The Balaban J connectivity index is 1.89. The molecule has 0 saturated heterocycles. The summed E-state index contributed by atoms with van der Waals surface area (Å²) in [5.74, 6) is -0.114. The van der Waals surface area contributed by atoms with Gasteiger partial charge in [0.05, 0.1) is 0 Å². The van der Waals surface area contributed by atoms with Gasteiger partial charge in [-0.3, -0.25) is 4.79 Å². The Morgan fingerprint density at radius 2 is 1.96 bits per heavy atom. The van der Waals surface area contributed by atoms with Gasteiger partial charge in [-0.25, -0.2) is 4.79 Å². The molecule has 0 spiro atoms. The van der Waals surface area contributed by atoms with Gasteiger partial charge >= 0.3 is 5.97 Å². The van der Waals surface area contributed by atoms with Gasteiger partial charge in [-0.15, -0.1) is 0 Å². The Morgan fingerprint density at radius 3 is 2.61 bits per heavy atom. The summed E-state index contributed by atoms with van der Waals surface area (Å²) >= 11 is 0. The number of carbonyl (C=O) groups is 2. The minimum absolute atomic E-state index is 0.00920. The van der Waals surface area contributed by atoms with Crippen molar-refractivity contribution in [1.29, 1.82) is 0 Å². The molecule has 1 aromatic heterocycles. The molecule has 1 amide bonds. The van der Waals surface area contributed by atoms with E-state index >= 15 is 0 Å². The van der Waals surface area contributed by atoms with Crippen molar-refractivity contribution >= 4 is 17.6 Å². The van der Waals surface area contributed by atoms with E-state index < -0.39 is 11.9 Å². The summed E-state index contributed by atoms with van der Waals surface area (Å²) in [4.78, 5) is 25.1. The van der Waals surface area contributed by atoms with Crippen LogP contribution in [0.4, 0.5) is 5.69 Å². The summed E-state index contributed by atoms with van der Waals surface area (Å²) < 4.78 is 15.9. The first-order valence-electron chi connectivity index (χ1n) is 7.05. The molecule has 0 bridgehead atoms. The number of carbonyl (C=O) groups excluding carboxylic acids is 1. The van der Waals surface area contributed by atoms with Crippen molar-refractivity contribution in [2.45, 2.75) is 13.3 Å². The second-order valence-corrected chi connectivity index (χ2v) is 5.01. The largest absolute Gasteiger partial charge is 0.478 e. The smallest absolute Gasteiger partial charge is 0.339 e. The zero-order chi connectivity index (χ0) is 16.6.